The van der Waals surface area contributed by atoms with Gasteiger partial charge >= 0.3 is 6.61 Å². The lowest BCUT2D eigenvalue weighted by molar-refractivity contribution is -0.131. The van der Waals surface area contributed by atoms with Gasteiger partial charge in [0.2, 0.25) is 11.8 Å². The van der Waals surface area contributed by atoms with Crippen molar-refractivity contribution < 1.29 is 23.0 Å². The lowest BCUT2D eigenvalue weighted by Crippen LogP contribution is -2.37. The summed E-state index contributed by atoms with van der Waals surface area (Å²) in [6, 6.07) is 8.08. The number of nitrogens with zero attached hydrogens (tertiary/aromatic N) is 3. The molecule has 0 saturated heterocycles. The molecule has 1 amide bonds. The minimum Gasteiger partial charge on any atom is -0.480 e. The second-order valence-corrected chi connectivity index (χ2v) is 5.59. The minimum atomic E-state index is -2.93. The highest BCUT2D eigenvalue weighted by Gasteiger charge is 2.23. The third-order valence-corrected chi connectivity index (χ3v) is 4.01. The Morgan fingerprint density at radius 3 is 2.88 bits per heavy atom. The van der Waals surface area contributed by atoms with Gasteiger partial charge in [-0.2, -0.15) is 13.9 Å². The molecule has 1 aliphatic rings. The summed E-state index contributed by atoms with van der Waals surface area (Å²) in [5, 5.41) is 8.02. The van der Waals surface area contributed by atoms with E-state index in [2.05, 4.69) is 14.9 Å². The summed E-state index contributed by atoms with van der Waals surface area (Å²) in [6.07, 6.45) is 0.584. The van der Waals surface area contributed by atoms with E-state index in [1.807, 2.05) is 0 Å². The first-order valence-electron chi connectivity index (χ1n) is 7.76. The first-order valence-corrected chi connectivity index (χ1v) is 7.76. The quantitative estimate of drug-likeness (QED) is 0.828. The van der Waals surface area contributed by atoms with Gasteiger partial charge in [-0.3, -0.25) is 4.79 Å². The van der Waals surface area contributed by atoms with Gasteiger partial charge in [0, 0.05) is 36.7 Å². The molecule has 0 N–H and O–H groups in total. The smallest absolute Gasteiger partial charge is 0.387 e. The maximum Gasteiger partial charge on any atom is 0.387 e. The molecule has 0 spiro atoms. The fraction of sp³-hybridized carbons (Fsp3) is 0.353. The van der Waals surface area contributed by atoms with Gasteiger partial charge < -0.3 is 14.4 Å². The van der Waals surface area contributed by atoms with Gasteiger partial charge in [0.1, 0.15) is 5.75 Å². The molecule has 2 aromatic rings. The fourth-order valence-corrected chi connectivity index (χ4v) is 2.76. The van der Waals surface area contributed by atoms with Gasteiger partial charge in [-0.1, -0.05) is 18.2 Å². The molecule has 3 rings (SSSR count). The Labute approximate surface area is 143 Å². The van der Waals surface area contributed by atoms with Crippen LogP contribution in [0.4, 0.5) is 8.78 Å². The van der Waals surface area contributed by atoms with Crippen LogP contribution in [-0.2, 0) is 24.2 Å². The number of hydrogen-bond acceptors (Lipinski definition) is 5. The average Bonchev–Trinajstić information content (AvgIpc) is 2.62. The molecule has 132 valence electrons. The van der Waals surface area contributed by atoms with Crippen LogP contribution in [0.3, 0.4) is 0 Å². The third-order valence-electron chi connectivity index (χ3n) is 4.01. The molecule has 0 atom stereocenters. The van der Waals surface area contributed by atoms with Crippen LogP contribution in [0.15, 0.2) is 30.3 Å². The van der Waals surface area contributed by atoms with Crippen LogP contribution < -0.4 is 9.47 Å². The lowest BCUT2D eigenvalue weighted by atomic mass is 10.0. The lowest BCUT2D eigenvalue weighted by Gasteiger charge is -2.28. The average molecular weight is 349 g/mol. The number of halogens is 2. The summed E-state index contributed by atoms with van der Waals surface area (Å²) >= 11 is 0. The number of aromatic nitrogens is 2. The van der Waals surface area contributed by atoms with Crippen LogP contribution in [0.5, 0.6) is 11.6 Å². The Bertz CT molecular complexity index is 771. The van der Waals surface area contributed by atoms with E-state index < -0.39 is 6.61 Å². The summed E-state index contributed by atoms with van der Waals surface area (Å²) < 4.78 is 34.5. The highest BCUT2D eigenvalue weighted by molar-refractivity contribution is 5.79. The molecule has 6 nitrogen and oxygen atoms in total. The van der Waals surface area contributed by atoms with E-state index in [9.17, 15) is 13.6 Å². The van der Waals surface area contributed by atoms with Crippen LogP contribution in [0.2, 0.25) is 0 Å². The van der Waals surface area contributed by atoms with E-state index in [-0.39, 0.29) is 18.1 Å². The van der Waals surface area contributed by atoms with Crippen molar-refractivity contribution in [2.45, 2.75) is 26.0 Å². The molecule has 25 heavy (non-hydrogen) atoms. The number of alkyl halides is 2. The van der Waals surface area contributed by atoms with E-state index in [0.717, 1.165) is 11.3 Å². The van der Waals surface area contributed by atoms with E-state index >= 15 is 0 Å². The molecular formula is C17H17F2N3O3. The van der Waals surface area contributed by atoms with E-state index in [1.54, 1.807) is 29.2 Å². The number of fused-ring (bicyclic) bond motifs is 1. The first kappa shape index (κ1) is 17.1. The molecule has 0 unspecified atom stereocenters. The minimum absolute atomic E-state index is 0.00608. The van der Waals surface area contributed by atoms with Gasteiger partial charge in [0.15, 0.2) is 0 Å². The normalized spacial score (nSPS) is 13.5. The van der Waals surface area contributed by atoms with Gasteiger partial charge in [-0.05, 0) is 6.07 Å². The Hall–Kier alpha value is -2.77. The summed E-state index contributed by atoms with van der Waals surface area (Å²) in [5.41, 5.74) is 2.15. The van der Waals surface area contributed by atoms with Gasteiger partial charge in [0.05, 0.1) is 19.2 Å². The molecule has 1 aromatic heterocycles. The summed E-state index contributed by atoms with van der Waals surface area (Å²) in [6.45, 7) is -2.04. The number of hydrogen-bond donors (Lipinski definition) is 0. The van der Waals surface area contributed by atoms with Crippen molar-refractivity contribution in [1.29, 1.82) is 0 Å². The van der Waals surface area contributed by atoms with E-state index in [1.165, 1.54) is 13.2 Å². The van der Waals surface area contributed by atoms with Crippen molar-refractivity contribution in [2.75, 3.05) is 13.7 Å². The predicted molar refractivity (Wildman–Crippen MR) is 84.5 cm³/mol. The van der Waals surface area contributed by atoms with E-state index in [0.29, 0.717) is 31.0 Å². The number of carbonyl (C=O) groups is 1. The van der Waals surface area contributed by atoms with Gasteiger partial charge in [0.25, 0.3) is 0 Å². The standard InChI is InChI=1S/C17H17F2N3O3/c1-24-15-8-12-10-22(7-6-13(12)20-21-15)16(23)9-11-4-2-3-5-14(11)25-17(18)19/h2-5,8,17H,6-7,9-10H2,1H3. The number of amides is 1. The third kappa shape index (κ3) is 4.01. The van der Waals surface area contributed by atoms with Crippen molar-refractivity contribution in [3.8, 4) is 11.6 Å². The first-order chi connectivity index (χ1) is 12.1. The number of benzene rings is 1. The van der Waals surface area contributed by atoms with Crippen molar-refractivity contribution in [1.82, 2.24) is 15.1 Å². The zero-order valence-electron chi connectivity index (χ0n) is 13.6. The summed E-state index contributed by atoms with van der Waals surface area (Å²) in [4.78, 5) is 14.3. The highest BCUT2D eigenvalue weighted by atomic mass is 19.3. The Morgan fingerprint density at radius 2 is 2.12 bits per heavy atom. The maximum atomic E-state index is 12.6. The largest absolute Gasteiger partial charge is 0.480 e. The molecule has 2 heterocycles. The zero-order chi connectivity index (χ0) is 17.8. The Kier molecular flexibility index (Phi) is 5.06. The second-order valence-electron chi connectivity index (χ2n) is 5.59. The van der Waals surface area contributed by atoms with Crippen molar-refractivity contribution in [3.63, 3.8) is 0 Å². The molecule has 0 radical (unpaired) electrons. The second kappa shape index (κ2) is 7.42. The number of methoxy groups -OCH3 is 1. The zero-order valence-corrected chi connectivity index (χ0v) is 13.6. The number of carbonyl (C=O) groups excluding carboxylic acids is 1. The summed E-state index contributed by atoms with van der Waals surface area (Å²) in [7, 11) is 1.50. The van der Waals surface area contributed by atoms with Crippen LogP contribution in [-0.4, -0.2) is 41.3 Å². The fourth-order valence-electron chi connectivity index (χ4n) is 2.76. The molecule has 0 fully saturated rings. The van der Waals surface area contributed by atoms with Crippen molar-refractivity contribution in [3.05, 3.63) is 47.2 Å². The monoisotopic (exact) mass is 349 g/mol. The number of para-hydroxylation sites is 1. The molecule has 1 aromatic carbocycles. The predicted octanol–water partition coefficient (Wildman–Crippen LogP) is 2.21. The molecule has 0 saturated carbocycles. The molecule has 1 aliphatic heterocycles. The van der Waals surface area contributed by atoms with Crippen LogP contribution >= 0.6 is 0 Å². The Balaban J connectivity index is 1.72. The SMILES string of the molecule is COc1cc2c(nn1)CCN(C(=O)Cc1ccccc1OC(F)F)C2. The maximum absolute atomic E-state index is 12.6. The van der Waals surface area contributed by atoms with Gasteiger partial charge in [-0.15, -0.1) is 5.10 Å². The molecule has 8 heteroatoms. The van der Waals surface area contributed by atoms with Gasteiger partial charge in [-0.25, -0.2) is 0 Å². The summed E-state index contributed by atoms with van der Waals surface area (Å²) in [5.74, 6) is 0.256. The van der Waals surface area contributed by atoms with Crippen molar-refractivity contribution in [2.24, 2.45) is 0 Å². The van der Waals surface area contributed by atoms with E-state index in [4.69, 9.17) is 4.74 Å². The van der Waals surface area contributed by atoms with Crippen LogP contribution in [0, 0.1) is 0 Å². The van der Waals surface area contributed by atoms with Crippen LogP contribution in [0.1, 0.15) is 16.8 Å². The highest BCUT2D eigenvalue weighted by Crippen LogP contribution is 2.24. The number of rotatable bonds is 5. The topological polar surface area (TPSA) is 64.6 Å². The number of ether oxygens (including phenoxy) is 2. The van der Waals surface area contributed by atoms with Crippen LogP contribution in [0.25, 0.3) is 0 Å². The van der Waals surface area contributed by atoms with Crippen molar-refractivity contribution >= 4 is 5.91 Å². The Morgan fingerprint density at radius 1 is 1.32 bits per heavy atom. The molecule has 0 aliphatic carbocycles. The molecule has 0 bridgehead atoms. The molecular weight excluding hydrogens is 332 g/mol.